The Balaban J connectivity index is 2.31. The summed E-state index contributed by atoms with van der Waals surface area (Å²) in [5, 5.41) is 2.97. The summed E-state index contributed by atoms with van der Waals surface area (Å²) >= 11 is 0. The SMILES string of the molecule is Cc1cc(C(N)=O)ccc1CNCCOCC(F)(F)F. The van der Waals surface area contributed by atoms with Crippen LogP contribution in [0.5, 0.6) is 0 Å². The molecule has 0 aliphatic heterocycles. The van der Waals surface area contributed by atoms with E-state index in [9.17, 15) is 18.0 Å². The van der Waals surface area contributed by atoms with E-state index in [1.807, 2.05) is 6.92 Å². The second-order valence-electron chi connectivity index (χ2n) is 4.35. The first-order valence-electron chi connectivity index (χ1n) is 6.04. The highest BCUT2D eigenvalue weighted by atomic mass is 19.4. The summed E-state index contributed by atoms with van der Waals surface area (Å²) in [4.78, 5) is 11.0. The molecule has 1 aromatic rings. The summed E-state index contributed by atoms with van der Waals surface area (Å²) in [6.45, 7) is 1.38. The third-order valence-corrected chi connectivity index (χ3v) is 2.63. The Labute approximate surface area is 115 Å². The molecule has 0 atom stereocenters. The number of hydrogen-bond donors (Lipinski definition) is 2. The van der Waals surface area contributed by atoms with E-state index in [2.05, 4.69) is 10.1 Å². The second-order valence-corrected chi connectivity index (χ2v) is 4.35. The lowest BCUT2D eigenvalue weighted by molar-refractivity contribution is -0.173. The van der Waals surface area contributed by atoms with Gasteiger partial charge in [0.1, 0.15) is 6.61 Å². The van der Waals surface area contributed by atoms with E-state index in [-0.39, 0.29) is 6.61 Å². The quantitative estimate of drug-likeness (QED) is 0.752. The van der Waals surface area contributed by atoms with Crippen LogP contribution in [0, 0.1) is 6.92 Å². The van der Waals surface area contributed by atoms with Gasteiger partial charge in [-0.25, -0.2) is 0 Å². The van der Waals surface area contributed by atoms with Crippen molar-refractivity contribution in [1.29, 1.82) is 0 Å². The van der Waals surface area contributed by atoms with Crippen LogP contribution in [0.3, 0.4) is 0 Å². The number of nitrogens with two attached hydrogens (primary N) is 1. The predicted molar refractivity (Wildman–Crippen MR) is 68.3 cm³/mol. The van der Waals surface area contributed by atoms with Gasteiger partial charge in [0.15, 0.2) is 0 Å². The fourth-order valence-electron chi connectivity index (χ4n) is 1.60. The molecule has 0 saturated heterocycles. The van der Waals surface area contributed by atoms with Gasteiger partial charge in [-0.05, 0) is 30.2 Å². The number of carbonyl (C=O) groups excluding carboxylic acids is 1. The molecule has 1 amide bonds. The van der Waals surface area contributed by atoms with Gasteiger partial charge in [-0.3, -0.25) is 4.79 Å². The number of nitrogens with one attached hydrogen (secondary N) is 1. The maximum absolute atomic E-state index is 11.8. The summed E-state index contributed by atoms with van der Waals surface area (Å²) < 4.78 is 39.9. The number of aryl methyl sites for hydroxylation is 1. The fraction of sp³-hybridized carbons (Fsp3) is 0.462. The number of rotatable bonds is 7. The molecule has 1 rings (SSSR count). The molecule has 0 fully saturated rings. The number of primary amides is 1. The summed E-state index contributed by atoms with van der Waals surface area (Å²) in [5.74, 6) is -0.492. The molecule has 0 heterocycles. The smallest absolute Gasteiger partial charge is 0.371 e. The molecule has 0 radical (unpaired) electrons. The van der Waals surface area contributed by atoms with Crippen molar-refractivity contribution in [2.75, 3.05) is 19.8 Å². The van der Waals surface area contributed by atoms with E-state index >= 15 is 0 Å². The van der Waals surface area contributed by atoms with Crippen molar-refractivity contribution in [2.24, 2.45) is 5.73 Å². The Bertz CT molecular complexity index is 461. The van der Waals surface area contributed by atoms with Crippen molar-refractivity contribution in [3.05, 3.63) is 34.9 Å². The zero-order valence-corrected chi connectivity index (χ0v) is 11.1. The molecular formula is C13H17F3N2O2. The third kappa shape index (κ3) is 6.03. The molecule has 20 heavy (non-hydrogen) atoms. The number of amides is 1. The van der Waals surface area contributed by atoms with E-state index < -0.39 is 18.7 Å². The molecule has 0 aliphatic carbocycles. The largest absolute Gasteiger partial charge is 0.411 e. The summed E-state index contributed by atoms with van der Waals surface area (Å²) in [6.07, 6.45) is -4.29. The van der Waals surface area contributed by atoms with Crippen LogP contribution in [0.1, 0.15) is 21.5 Å². The second kappa shape index (κ2) is 7.25. The lowest BCUT2D eigenvalue weighted by atomic mass is 10.0. The maximum Gasteiger partial charge on any atom is 0.411 e. The highest BCUT2D eigenvalue weighted by Gasteiger charge is 2.27. The lowest BCUT2D eigenvalue weighted by Crippen LogP contribution is -2.24. The molecule has 0 saturated carbocycles. The maximum atomic E-state index is 11.8. The number of halogens is 3. The topological polar surface area (TPSA) is 64.4 Å². The van der Waals surface area contributed by atoms with Crippen LogP contribution in [0.25, 0.3) is 0 Å². The number of carbonyl (C=O) groups is 1. The molecule has 1 aromatic carbocycles. The molecule has 3 N–H and O–H groups in total. The first-order chi connectivity index (χ1) is 9.29. The van der Waals surface area contributed by atoms with Gasteiger partial charge in [0.05, 0.1) is 6.61 Å². The molecular weight excluding hydrogens is 273 g/mol. The van der Waals surface area contributed by atoms with Crippen molar-refractivity contribution >= 4 is 5.91 Å². The lowest BCUT2D eigenvalue weighted by Gasteiger charge is -2.10. The van der Waals surface area contributed by atoms with Crippen LogP contribution in [0.2, 0.25) is 0 Å². The molecule has 0 spiro atoms. The molecule has 0 aliphatic rings. The van der Waals surface area contributed by atoms with Crippen LogP contribution in [-0.4, -0.2) is 31.8 Å². The van der Waals surface area contributed by atoms with Crippen molar-refractivity contribution < 1.29 is 22.7 Å². The van der Waals surface area contributed by atoms with Gasteiger partial charge in [-0.2, -0.15) is 13.2 Å². The monoisotopic (exact) mass is 290 g/mol. The fourth-order valence-corrected chi connectivity index (χ4v) is 1.60. The van der Waals surface area contributed by atoms with E-state index in [1.54, 1.807) is 18.2 Å². The van der Waals surface area contributed by atoms with Crippen molar-refractivity contribution in [1.82, 2.24) is 5.32 Å². The van der Waals surface area contributed by atoms with Gasteiger partial charge in [-0.1, -0.05) is 6.07 Å². The van der Waals surface area contributed by atoms with Gasteiger partial charge in [0.25, 0.3) is 0 Å². The molecule has 112 valence electrons. The normalized spacial score (nSPS) is 11.6. The number of benzene rings is 1. The van der Waals surface area contributed by atoms with E-state index in [0.29, 0.717) is 18.7 Å². The Morgan fingerprint density at radius 2 is 2.10 bits per heavy atom. The van der Waals surface area contributed by atoms with Crippen LogP contribution in [-0.2, 0) is 11.3 Å². The van der Waals surface area contributed by atoms with Crippen molar-refractivity contribution in [3.63, 3.8) is 0 Å². The standard InChI is InChI=1S/C13H17F3N2O2/c1-9-6-10(12(17)19)2-3-11(9)7-18-4-5-20-8-13(14,15)16/h2-3,6,18H,4-5,7-8H2,1H3,(H2,17,19). The van der Waals surface area contributed by atoms with Gasteiger partial charge < -0.3 is 15.8 Å². The summed E-state index contributed by atoms with van der Waals surface area (Å²) in [6, 6.07) is 5.06. The van der Waals surface area contributed by atoms with Gasteiger partial charge in [0.2, 0.25) is 5.91 Å². The van der Waals surface area contributed by atoms with E-state index in [4.69, 9.17) is 5.73 Å². The number of hydrogen-bond acceptors (Lipinski definition) is 3. The molecule has 0 unspecified atom stereocenters. The average Bonchev–Trinajstić information content (AvgIpc) is 2.33. The molecule has 0 aromatic heterocycles. The Morgan fingerprint density at radius 3 is 2.65 bits per heavy atom. The van der Waals surface area contributed by atoms with Crippen LogP contribution in [0.4, 0.5) is 13.2 Å². The predicted octanol–water partition coefficient (Wildman–Crippen LogP) is 1.76. The molecule has 7 heteroatoms. The Hall–Kier alpha value is -1.60. The van der Waals surface area contributed by atoms with Crippen LogP contribution >= 0.6 is 0 Å². The number of ether oxygens (including phenoxy) is 1. The average molecular weight is 290 g/mol. The number of alkyl halides is 3. The highest BCUT2D eigenvalue weighted by molar-refractivity contribution is 5.93. The Kier molecular flexibility index (Phi) is 5.97. The summed E-state index contributed by atoms with van der Waals surface area (Å²) in [5.41, 5.74) is 7.43. The van der Waals surface area contributed by atoms with Crippen molar-refractivity contribution in [2.45, 2.75) is 19.6 Å². The molecule has 0 bridgehead atoms. The van der Waals surface area contributed by atoms with Crippen LogP contribution < -0.4 is 11.1 Å². The van der Waals surface area contributed by atoms with Crippen molar-refractivity contribution in [3.8, 4) is 0 Å². The first-order valence-corrected chi connectivity index (χ1v) is 6.04. The summed E-state index contributed by atoms with van der Waals surface area (Å²) in [7, 11) is 0. The first kappa shape index (κ1) is 16.5. The van der Waals surface area contributed by atoms with Gasteiger partial charge >= 0.3 is 6.18 Å². The third-order valence-electron chi connectivity index (χ3n) is 2.63. The minimum absolute atomic E-state index is 0.0159. The van der Waals surface area contributed by atoms with E-state index in [1.165, 1.54) is 0 Å². The van der Waals surface area contributed by atoms with Gasteiger partial charge in [0, 0.05) is 18.7 Å². The molecule has 4 nitrogen and oxygen atoms in total. The highest BCUT2D eigenvalue weighted by Crippen LogP contribution is 2.14. The van der Waals surface area contributed by atoms with E-state index in [0.717, 1.165) is 11.1 Å². The van der Waals surface area contributed by atoms with Gasteiger partial charge in [-0.15, -0.1) is 0 Å². The zero-order valence-electron chi connectivity index (χ0n) is 11.1. The van der Waals surface area contributed by atoms with Crippen LogP contribution in [0.15, 0.2) is 18.2 Å². The Morgan fingerprint density at radius 1 is 1.40 bits per heavy atom. The minimum atomic E-state index is -4.29. The zero-order chi connectivity index (χ0) is 15.2. The minimum Gasteiger partial charge on any atom is -0.371 e.